The Morgan fingerprint density at radius 1 is 1.14 bits per heavy atom. The van der Waals surface area contributed by atoms with Gasteiger partial charge >= 0.3 is 0 Å². The molecule has 0 nitrogen and oxygen atoms in total. The molecule has 0 radical (unpaired) electrons. The molecule has 0 atom stereocenters. The fraction of sp³-hybridized carbons (Fsp3) is 0.500. The molecule has 1 rings (SSSR count). The zero-order valence-corrected chi connectivity index (χ0v) is 9.11. The van der Waals surface area contributed by atoms with Crippen molar-refractivity contribution in [1.29, 1.82) is 0 Å². The molecule has 0 amide bonds. The standard InChI is InChI=1S/C10H12F2.C2H6/c1-2-3-4-8-5-6-9(11)7-10(8)12;1-2/h5-7H,2-4H2,1H3;1-2H3. The number of hydrogen-bond donors (Lipinski definition) is 0. The summed E-state index contributed by atoms with van der Waals surface area (Å²) in [6.07, 6.45) is 2.67. The van der Waals surface area contributed by atoms with Crippen LogP contribution in [0, 0.1) is 11.6 Å². The zero-order valence-electron chi connectivity index (χ0n) is 9.11. The topological polar surface area (TPSA) is 0 Å². The van der Waals surface area contributed by atoms with E-state index in [1.807, 2.05) is 20.8 Å². The molecule has 1 aromatic carbocycles. The zero-order chi connectivity index (χ0) is 11.0. The molecule has 80 valence electrons. The highest BCUT2D eigenvalue weighted by molar-refractivity contribution is 5.18. The van der Waals surface area contributed by atoms with Crippen LogP contribution in [0.1, 0.15) is 39.2 Å². The van der Waals surface area contributed by atoms with Crippen molar-refractivity contribution in [1.82, 2.24) is 0 Å². The lowest BCUT2D eigenvalue weighted by Crippen LogP contribution is -1.91. The maximum atomic E-state index is 12.9. The van der Waals surface area contributed by atoms with Gasteiger partial charge in [0, 0.05) is 6.07 Å². The van der Waals surface area contributed by atoms with Gasteiger partial charge in [-0.25, -0.2) is 8.78 Å². The largest absolute Gasteiger partial charge is 0.207 e. The summed E-state index contributed by atoms with van der Waals surface area (Å²) in [6.45, 7) is 6.04. The maximum absolute atomic E-state index is 12.9. The molecule has 0 N–H and O–H groups in total. The van der Waals surface area contributed by atoms with Crippen molar-refractivity contribution in [3.63, 3.8) is 0 Å². The van der Waals surface area contributed by atoms with Crippen molar-refractivity contribution in [2.75, 3.05) is 0 Å². The molecule has 0 aliphatic carbocycles. The highest BCUT2D eigenvalue weighted by Crippen LogP contribution is 2.11. The first kappa shape index (κ1) is 13.1. The Labute approximate surface area is 85.0 Å². The first-order valence-corrected chi connectivity index (χ1v) is 5.18. The maximum Gasteiger partial charge on any atom is 0.129 e. The summed E-state index contributed by atoms with van der Waals surface area (Å²) in [6, 6.07) is 3.75. The van der Waals surface area contributed by atoms with E-state index in [2.05, 4.69) is 0 Å². The van der Waals surface area contributed by atoms with E-state index in [0.717, 1.165) is 18.9 Å². The molecule has 2 heteroatoms. The number of hydrogen-bond acceptors (Lipinski definition) is 0. The molecule has 0 heterocycles. The second-order valence-corrected chi connectivity index (χ2v) is 2.84. The molecule has 0 bridgehead atoms. The van der Waals surface area contributed by atoms with Crippen LogP contribution in [0.4, 0.5) is 8.78 Å². The number of aryl methyl sites for hydroxylation is 1. The van der Waals surface area contributed by atoms with Crippen LogP contribution in [-0.2, 0) is 6.42 Å². The van der Waals surface area contributed by atoms with Gasteiger partial charge in [-0.2, -0.15) is 0 Å². The molecular weight excluding hydrogens is 182 g/mol. The third-order valence-electron chi connectivity index (χ3n) is 1.81. The summed E-state index contributed by atoms with van der Waals surface area (Å²) < 4.78 is 25.4. The molecule has 0 fully saturated rings. The molecule has 0 saturated carbocycles. The molecule has 0 aliphatic heterocycles. The van der Waals surface area contributed by atoms with E-state index < -0.39 is 11.6 Å². The normalized spacial score (nSPS) is 9.21. The lowest BCUT2D eigenvalue weighted by atomic mass is 10.1. The minimum atomic E-state index is -0.507. The molecule has 0 aromatic heterocycles. The SMILES string of the molecule is CC.CCCCc1ccc(F)cc1F. The van der Waals surface area contributed by atoms with Gasteiger partial charge in [-0.3, -0.25) is 0 Å². The summed E-state index contributed by atoms with van der Waals surface area (Å²) >= 11 is 0. The van der Waals surface area contributed by atoms with Crippen LogP contribution in [0.5, 0.6) is 0 Å². The van der Waals surface area contributed by atoms with Crippen molar-refractivity contribution in [3.8, 4) is 0 Å². The molecule has 1 aromatic rings. The van der Waals surface area contributed by atoms with E-state index in [0.29, 0.717) is 12.0 Å². The van der Waals surface area contributed by atoms with Gasteiger partial charge in [-0.1, -0.05) is 33.3 Å². The van der Waals surface area contributed by atoms with E-state index >= 15 is 0 Å². The summed E-state index contributed by atoms with van der Waals surface area (Å²) in [5.41, 5.74) is 0.609. The van der Waals surface area contributed by atoms with Crippen LogP contribution in [0.25, 0.3) is 0 Å². The second-order valence-electron chi connectivity index (χ2n) is 2.84. The molecule has 0 saturated heterocycles. The van der Waals surface area contributed by atoms with Crippen LogP contribution in [0.2, 0.25) is 0 Å². The Bertz CT molecular complexity index is 256. The quantitative estimate of drug-likeness (QED) is 0.681. The summed E-state index contributed by atoms with van der Waals surface area (Å²) in [7, 11) is 0. The Morgan fingerprint density at radius 3 is 2.29 bits per heavy atom. The molecule has 0 aliphatic rings. The van der Waals surface area contributed by atoms with Gasteiger partial charge < -0.3 is 0 Å². The van der Waals surface area contributed by atoms with Crippen molar-refractivity contribution >= 4 is 0 Å². The van der Waals surface area contributed by atoms with E-state index in [-0.39, 0.29) is 0 Å². The monoisotopic (exact) mass is 200 g/mol. The van der Waals surface area contributed by atoms with Gasteiger partial charge in [0.1, 0.15) is 11.6 Å². The average Bonchev–Trinajstić information content (AvgIpc) is 2.20. The molecule has 14 heavy (non-hydrogen) atoms. The van der Waals surface area contributed by atoms with E-state index in [9.17, 15) is 8.78 Å². The smallest absolute Gasteiger partial charge is 0.129 e. The van der Waals surface area contributed by atoms with Gasteiger partial charge in [0.25, 0.3) is 0 Å². The number of halogens is 2. The predicted molar refractivity (Wildman–Crippen MR) is 56.3 cm³/mol. The fourth-order valence-corrected chi connectivity index (χ4v) is 1.09. The lowest BCUT2D eigenvalue weighted by Gasteiger charge is -2.00. The Kier molecular flexibility index (Phi) is 6.99. The number of unbranched alkanes of at least 4 members (excludes halogenated alkanes) is 1. The fourth-order valence-electron chi connectivity index (χ4n) is 1.09. The van der Waals surface area contributed by atoms with Crippen LogP contribution in [0.15, 0.2) is 18.2 Å². The molecule has 0 unspecified atom stereocenters. The van der Waals surface area contributed by atoms with Gasteiger partial charge in [0.2, 0.25) is 0 Å². The summed E-state index contributed by atoms with van der Waals surface area (Å²) in [5.74, 6) is -0.934. The number of benzene rings is 1. The summed E-state index contributed by atoms with van der Waals surface area (Å²) in [4.78, 5) is 0. The first-order chi connectivity index (χ1) is 6.74. The van der Waals surface area contributed by atoms with Gasteiger partial charge in [0.05, 0.1) is 0 Å². The van der Waals surface area contributed by atoms with Crippen molar-refractivity contribution < 1.29 is 8.78 Å². The third kappa shape index (κ3) is 4.35. The van der Waals surface area contributed by atoms with Gasteiger partial charge in [-0.05, 0) is 24.5 Å². The van der Waals surface area contributed by atoms with E-state index in [1.54, 1.807) is 0 Å². The minimum Gasteiger partial charge on any atom is -0.207 e. The second kappa shape index (κ2) is 7.48. The Balaban J connectivity index is 0.000000791. The average molecular weight is 200 g/mol. The van der Waals surface area contributed by atoms with Crippen LogP contribution < -0.4 is 0 Å². The Hall–Kier alpha value is -0.920. The van der Waals surface area contributed by atoms with E-state index in [1.165, 1.54) is 12.1 Å². The van der Waals surface area contributed by atoms with Gasteiger partial charge in [0.15, 0.2) is 0 Å². The summed E-state index contributed by atoms with van der Waals surface area (Å²) in [5, 5.41) is 0. The van der Waals surface area contributed by atoms with Crippen LogP contribution >= 0.6 is 0 Å². The van der Waals surface area contributed by atoms with Crippen LogP contribution in [0.3, 0.4) is 0 Å². The van der Waals surface area contributed by atoms with Crippen molar-refractivity contribution in [2.24, 2.45) is 0 Å². The van der Waals surface area contributed by atoms with Crippen LogP contribution in [-0.4, -0.2) is 0 Å². The molecule has 0 spiro atoms. The van der Waals surface area contributed by atoms with Gasteiger partial charge in [-0.15, -0.1) is 0 Å². The lowest BCUT2D eigenvalue weighted by molar-refractivity contribution is 0.568. The predicted octanol–water partition coefficient (Wildman–Crippen LogP) is 4.33. The Morgan fingerprint density at radius 2 is 1.79 bits per heavy atom. The third-order valence-corrected chi connectivity index (χ3v) is 1.81. The first-order valence-electron chi connectivity index (χ1n) is 5.18. The highest BCUT2D eigenvalue weighted by atomic mass is 19.1. The highest BCUT2D eigenvalue weighted by Gasteiger charge is 2.01. The van der Waals surface area contributed by atoms with E-state index in [4.69, 9.17) is 0 Å². The molecular formula is C12H18F2. The van der Waals surface area contributed by atoms with Crippen molar-refractivity contribution in [2.45, 2.75) is 40.0 Å². The van der Waals surface area contributed by atoms with Crippen molar-refractivity contribution in [3.05, 3.63) is 35.4 Å². The number of rotatable bonds is 3. The minimum absolute atomic E-state index is 0.427.